The van der Waals surface area contributed by atoms with E-state index < -0.39 is 6.10 Å². The Hall–Kier alpha value is -1.63. The summed E-state index contributed by atoms with van der Waals surface area (Å²) in [5.74, 6) is 1.54. The maximum Gasteiger partial charge on any atom is 0.191 e. The van der Waals surface area contributed by atoms with E-state index in [-0.39, 0.29) is 0 Å². The number of aliphatic hydroxyl groups is 1. The van der Waals surface area contributed by atoms with Crippen molar-refractivity contribution in [2.24, 2.45) is 0 Å². The number of nitrogens with zero attached hydrogens (tertiary/aromatic N) is 3. The van der Waals surface area contributed by atoms with Gasteiger partial charge in [0.05, 0.1) is 11.0 Å². The number of hydrogen-bond donors (Lipinski definition) is 1. The molecule has 1 unspecified atom stereocenters. The van der Waals surface area contributed by atoms with Crippen LogP contribution in [0.15, 0.2) is 53.0 Å². The molecule has 2 heterocycles. The lowest BCUT2D eigenvalue weighted by Gasteiger charge is -2.11. The number of thiophene rings is 1. The summed E-state index contributed by atoms with van der Waals surface area (Å²) in [5, 5.41) is 22.1. The standard InChI is InChI=1S/C17H17N3OS2/c21-14(12-5-2-1-3-6-12)11-23-17-19-18-16(15-7-4-10-22-15)20(17)13-8-9-13/h1-7,10,13-14,21H,8-9,11H2. The zero-order valence-electron chi connectivity index (χ0n) is 12.5. The molecule has 0 amide bonds. The average Bonchev–Trinajstić information content (AvgIpc) is 3.12. The third-order valence-corrected chi connectivity index (χ3v) is 5.76. The topological polar surface area (TPSA) is 50.9 Å². The molecule has 1 aromatic carbocycles. The summed E-state index contributed by atoms with van der Waals surface area (Å²) in [6, 6.07) is 14.4. The van der Waals surface area contributed by atoms with E-state index in [9.17, 15) is 5.11 Å². The lowest BCUT2D eigenvalue weighted by atomic mass is 10.1. The van der Waals surface area contributed by atoms with E-state index >= 15 is 0 Å². The first-order valence-electron chi connectivity index (χ1n) is 7.67. The van der Waals surface area contributed by atoms with Crippen LogP contribution >= 0.6 is 23.1 Å². The first-order valence-corrected chi connectivity index (χ1v) is 9.54. The predicted molar refractivity (Wildman–Crippen MR) is 93.7 cm³/mol. The maximum absolute atomic E-state index is 10.3. The van der Waals surface area contributed by atoms with Crippen LogP contribution in [0.5, 0.6) is 0 Å². The molecule has 1 aliphatic carbocycles. The zero-order valence-corrected chi connectivity index (χ0v) is 14.1. The Morgan fingerprint density at radius 3 is 2.70 bits per heavy atom. The van der Waals surface area contributed by atoms with Gasteiger partial charge in [0, 0.05) is 11.8 Å². The molecule has 1 aliphatic rings. The van der Waals surface area contributed by atoms with Crippen molar-refractivity contribution in [2.45, 2.75) is 30.1 Å². The van der Waals surface area contributed by atoms with Crippen LogP contribution in [-0.2, 0) is 0 Å². The fourth-order valence-corrected chi connectivity index (χ4v) is 4.21. The smallest absolute Gasteiger partial charge is 0.191 e. The Kier molecular flexibility index (Phi) is 4.20. The molecule has 0 radical (unpaired) electrons. The molecule has 1 N–H and O–H groups in total. The highest BCUT2D eigenvalue weighted by atomic mass is 32.2. The van der Waals surface area contributed by atoms with E-state index in [1.165, 1.54) is 12.8 Å². The molecule has 0 bridgehead atoms. The van der Waals surface area contributed by atoms with E-state index in [1.54, 1.807) is 23.1 Å². The highest BCUT2D eigenvalue weighted by molar-refractivity contribution is 7.99. The molecule has 3 aromatic rings. The molecule has 1 atom stereocenters. The van der Waals surface area contributed by atoms with Crippen LogP contribution < -0.4 is 0 Å². The fraction of sp³-hybridized carbons (Fsp3) is 0.294. The van der Waals surface area contributed by atoms with Gasteiger partial charge in [0.1, 0.15) is 0 Å². The zero-order chi connectivity index (χ0) is 15.6. The van der Waals surface area contributed by atoms with E-state index in [1.807, 2.05) is 36.4 Å². The van der Waals surface area contributed by atoms with Gasteiger partial charge in [0.25, 0.3) is 0 Å². The van der Waals surface area contributed by atoms with Crippen LogP contribution in [0.2, 0.25) is 0 Å². The highest BCUT2D eigenvalue weighted by Crippen LogP contribution is 2.42. The molecule has 1 saturated carbocycles. The van der Waals surface area contributed by atoms with Gasteiger partial charge in [-0.2, -0.15) is 0 Å². The molecule has 6 heteroatoms. The van der Waals surface area contributed by atoms with Crippen LogP contribution in [-0.4, -0.2) is 25.6 Å². The molecular formula is C17H17N3OS2. The summed E-state index contributed by atoms with van der Waals surface area (Å²) < 4.78 is 2.24. The molecule has 0 saturated heterocycles. The Morgan fingerprint density at radius 2 is 2.00 bits per heavy atom. The lowest BCUT2D eigenvalue weighted by Crippen LogP contribution is -2.03. The monoisotopic (exact) mass is 343 g/mol. The summed E-state index contributed by atoms with van der Waals surface area (Å²) in [6.07, 6.45) is 1.88. The van der Waals surface area contributed by atoms with Crippen LogP contribution in [0.3, 0.4) is 0 Å². The SMILES string of the molecule is OC(CSc1nnc(-c2cccs2)n1C1CC1)c1ccccc1. The van der Waals surface area contributed by atoms with Crippen molar-refractivity contribution in [3.8, 4) is 10.7 Å². The summed E-state index contributed by atoms with van der Waals surface area (Å²) in [6.45, 7) is 0. The Bertz CT molecular complexity index is 767. The minimum absolute atomic E-state index is 0.490. The number of aromatic nitrogens is 3. The van der Waals surface area contributed by atoms with Crippen molar-refractivity contribution in [2.75, 3.05) is 5.75 Å². The number of benzene rings is 1. The second kappa shape index (κ2) is 6.47. The summed E-state index contributed by atoms with van der Waals surface area (Å²) in [7, 11) is 0. The van der Waals surface area contributed by atoms with Gasteiger partial charge in [-0.05, 0) is 29.9 Å². The third kappa shape index (κ3) is 3.20. The Morgan fingerprint density at radius 1 is 1.17 bits per heavy atom. The molecule has 4 rings (SSSR count). The van der Waals surface area contributed by atoms with Crippen molar-refractivity contribution in [3.63, 3.8) is 0 Å². The molecule has 0 spiro atoms. The molecule has 2 aromatic heterocycles. The third-order valence-electron chi connectivity index (χ3n) is 3.87. The first-order chi connectivity index (χ1) is 11.3. The first kappa shape index (κ1) is 14.9. The van der Waals surface area contributed by atoms with E-state index in [0.29, 0.717) is 11.8 Å². The van der Waals surface area contributed by atoms with Crippen molar-refractivity contribution >= 4 is 23.1 Å². The summed E-state index contributed by atoms with van der Waals surface area (Å²) >= 11 is 3.27. The van der Waals surface area contributed by atoms with Gasteiger partial charge in [-0.1, -0.05) is 48.2 Å². The van der Waals surface area contributed by atoms with E-state index in [0.717, 1.165) is 21.4 Å². The molecule has 23 heavy (non-hydrogen) atoms. The van der Waals surface area contributed by atoms with Gasteiger partial charge in [-0.15, -0.1) is 21.5 Å². The van der Waals surface area contributed by atoms with Crippen molar-refractivity contribution in [1.29, 1.82) is 0 Å². The normalized spacial score (nSPS) is 15.7. The van der Waals surface area contributed by atoms with Gasteiger partial charge in [-0.25, -0.2) is 0 Å². The number of thioether (sulfide) groups is 1. The summed E-state index contributed by atoms with van der Waals surface area (Å²) in [4.78, 5) is 1.15. The van der Waals surface area contributed by atoms with Crippen molar-refractivity contribution in [3.05, 3.63) is 53.4 Å². The van der Waals surface area contributed by atoms with Crippen molar-refractivity contribution in [1.82, 2.24) is 14.8 Å². The van der Waals surface area contributed by atoms with Gasteiger partial charge in [0.2, 0.25) is 0 Å². The van der Waals surface area contributed by atoms with Crippen LogP contribution in [0.4, 0.5) is 0 Å². The van der Waals surface area contributed by atoms with Gasteiger partial charge in [-0.3, -0.25) is 4.57 Å². The maximum atomic E-state index is 10.3. The number of aliphatic hydroxyl groups excluding tert-OH is 1. The summed E-state index contributed by atoms with van der Waals surface area (Å²) in [5.41, 5.74) is 0.941. The van der Waals surface area contributed by atoms with Crippen LogP contribution in [0, 0.1) is 0 Å². The number of rotatable bonds is 6. The molecular weight excluding hydrogens is 326 g/mol. The van der Waals surface area contributed by atoms with Gasteiger partial charge < -0.3 is 5.11 Å². The highest BCUT2D eigenvalue weighted by Gasteiger charge is 2.30. The minimum Gasteiger partial charge on any atom is -0.388 e. The van der Waals surface area contributed by atoms with Crippen LogP contribution in [0.25, 0.3) is 10.7 Å². The molecule has 1 fully saturated rings. The molecule has 118 valence electrons. The second-order valence-corrected chi connectivity index (χ2v) is 7.56. The molecule has 0 aliphatic heterocycles. The van der Waals surface area contributed by atoms with Gasteiger partial charge >= 0.3 is 0 Å². The quantitative estimate of drug-likeness (QED) is 0.683. The van der Waals surface area contributed by atoms with Crippen LogP contribution in [0.1, 0.15) is 30.6 Å². The Balaban J connectivity index is 1.53. The van der Waals surface area contributed by atoms with E-state index in [4.69, 9.17) is 0 Å². The minimum atomic E-state index is -0.490. The average molecular weight is 343 g/mol. The molecule has 4 nitrogen and oxygen atoms in total. The Labute approximate surface area is 143 Å². The van der Waals surface area contributed by atoms with E-state index in [2.05, 4.69) is 26.2 Å². The fourth-order valence-electron chi connectivity index (χ4n) is 2.54. The lowest BCUT2D eigenvalue weighted by molar-refractivity contribution is 0.204. The second-order valence-electron chi connectivity index (χ2n) is 5.62. The van der Waals surface area contributed by atoms with Gasteiger partial charge in [0.15, 0.2) is 11.0 Å². The van der Waals surface area contributed by atoms with Crippen molar-refractivity contribution < 1.29 is 5.11 Å². The number of hydrogen-bond acceptors (Lipinski definition) is 5. The largest absolute Gasteiger partial charge is 0.388 e. The predicted octanol–water partition coefficient (Wildman–Crippen LogP) is 4.17.